The van der Waals surface area contributed by atoms with Gasteiger partial charge in [-0.25, -0.2) is 0 Å². The Kier molecular flexibility index (Phi) is 5.21. The fourth-order valence-corrected chi connectivity index (χ4v) is 2.45. The maximum Gasteiger partial charge on any atom is 0.326 e. The highest BCUT2D eigenvalue weighted by molar-refractivity contribution is 6.26. The first-order valence-corrected chi connectivity index (χ1v) is 6.70. The molecule has 0 heterocycles. The van der Waals surface area contributed by atoms with Crippen molar-refractivity contribution >= 4 is 17.6 Å². The zero-order valence-electron chi connectivity index (χ0n) is 11.3. The maximum absolute atomic E-state index is 11.0. The van der Waals surface area contributed by atoms with Gasteiger partial charge in [-0.15, -0.1) is 11.6 Å². The highest BCUT2D eigenvalue weighted by Gasteiger charge is 2.30. The van der Waals surface area contributed by atoms with E-state index in [1.165, 1.54) is 5.57 Å². The highest BCUT2D eigenvalue weighted by atomic mass is 35.5. The fraction of sp³-hybridized carbons (Fsp3) is 0.533. The normalized spacial score (nSPS) is 22.7. The van der Waals surface area contributed by atoms with Crippen molar-refractivity contribution < 1.29 is 9.53 Å². The van der Waals surface area contributed by atoms with E-state index < -0.39 is 5.97 Å². The van der Waals surface area contributed by atoms with Crippen molar-refractivity contribution in [1.82, 2.24) is 0 Å². The number of carbonyl (C=O) groups is 1. The summed E-state index contributed by atoms with van der Waals surface area (Å²) in [6.07, 6.45) is 8.39. The summed E-state index contributed by atoms with van der Waals surface area (Å²) in [4.78, 5) is 11.0. The van der Waals surface area contributed by atoms with Gasteiger partial charge in [0.15, 0.2) is 0 Å². The summed E-state index contributed by atoms with van der Waals surface area (Å²) >= 11 is 5.36. The SMILES string of the molecule is C=C(C=CC1C(C)=CCCC1(C)C)OC(=O)CCl. The van der Waals surface area contributed by atoms with Gasteiger partial charge in [-0.05, 0) is 31.3 Å². The summed E-state index contributed by atoms with van der Waals surface area (Å²) in [6, 6.07) is 0. The van der Waals surface area contributed by atoms with Gasteiger partial charge in [-0.3, -0.25) is 4.79 Å². The van der Waals surface area contributed by atoms with E-state index in [0.29, 0.717) is 11.7 Å². The third-order valence-corrected chi connectivity index (χ3v) is 3.63. The van der Waals surface area contributed by atoms with Crippen LogP contribution in [0.2, 0.25) is 0 Å². The number of allylic oxidation sites excluding steroid dienone is 4. The molecule has 100 valence electrons. The molecule has 0 aromatic carbocycles. The minimum absolute atomic E-state index is 0.152. The van der Waals surface area contributed by atoms with Crippen LogP contribution in [0.3, 0.4) is 0 Å². The quantitative estimate of drug-likeness (QED) is 0.251. The first-order valence-electron chi connectivity index (χ1n) is 6.17. The second kappa shape index (κ2) is 6.24. The van der Waals surface area contributed by atoms with Gasteiger partial charge in [0.05, 0.1) is 0 Å². The van der Waals surface area contributed by atoms with Crippen molar-refractivity contribution in [3.8, 4) is 0 Å². The molecule has 1 rings (SSSR count). The van der Waals surface area contributed by atoms with Crippen LogP contribution in [0.1, 0.15) is 33.6 Å². The van der Waals surface area contributed by atoms with Gasteiger partial charge in [0.1, 0.15) is 11.6 Å². The lowest BCUT2D eigenvalue weighted by molar-refractivity contribution is -0.135. The van der Waals surface area contributed by atoms with Gasteiger partial charge in [0.2, 0.25) is 0 Å². The molecule has 0 N–H and O–H groups in total. The Labute approximate surface area is 114 Å². The van der Waals surface area contributed by atoms with Crippen molar-refractivity contribution in [3.05, 3.63) is 36.1 Å². The van der Waals surface area contributed by atoms with Crippen molar-refractivity contribution in [1.29, 1.82) is 0 Å². The van der Waals surface area contributed by atoms with E-state index in [0.717, 1.165) is 12.8 Å². The highest BCUT2D eigenvalue weighted by Crippen LogP contribution is 2.41. The summed E-state index contributed by atoms with van der Waals surface area (Å²) in [5.74, 6) is 0.0785. The minimum Gasteiger partial charge on any atom is -0.426 e. The molecule has 1 unspecified atom stereocenters. The summed E-state index contributed by atoms with van der Waals surface area (Å²) in [5.41, 5.74) is 1.59. The Morgan fingerprint density at radius 3 is 2.89 bits per heavy atom. The molecular formula is C15H21ClO2. The molecule has 2 nitrogen and oxygen atoms in total. The topological polar surface area (TPSA) is 26.3 Å². The van der Waals surface area contributed by atoms with Crippen molar-refractivity contribution in [2.24, 2.45) is 11.3 Å². The number of alkyl halides is 1. The van der Waals surface area contributed by atoms with Crippen LogP contribution in [-0.2, 0) is 9.53 Å². The summed E-state index contributed by atoms with van der Waals surface area (Å²) < 4.78 is 4.92. The molecule has 1 aliphatic rings. The maximum atomic E-state index is 11.0. The number of ether oxygens (including phenoxy) is 1. The summed E-state index contributed by atoms with van der Waals surface area (Å²) in [5, 5.41) is 0. The van der Waals surface area contributed by atoms with Gasteiger partial charge in [-0.1, -0.05) is 38.2 Å². The lowest BCUT2D eigenvalue weighted by Crippen LogP contribution is -2.26. The smallest absolute Gasteiger partial charge is 0.326 e. The predicted octanol–water partition coefficient (Wildman–Crippen LogP) is 4.22. The Hall–Kier alpha value is -1.02. The Morgan fingerprint density at radius 1 is 1.67 bits per heavy atom. The zero-order valence-corrected chi connectivity index (χ0v) is 12.1. The summed E-state index contributed by atoms with van der Waals surface area (Å²) in [6.45, 7) is 10.3. The van der Waals surface area contributed by atoms with E-state index in [9.17, 15) is 4.79 Å². The molecule has 0 aromatic rings. The molecule has 0 aliphatic heterocycles. The lowest BCUT2D eigenvalue weighted by atomic mass is 9.68. The Balaban J connectivity index is 2.70. The molecule has 0 amide bonds. The molecular weight excluding hydrogens is 248 g/mol. The van der Waals surface area contributed by atoms with Crippen molar-refractivity contribution in [3.63, 3.8) is 0 Å². The van der Waals surface area contributed by atoms with Crippen LogP contribution in [0.4, 0.5) is 0 Å². The Morgan fingerprint density at radius 2 is 2.33 bits per heavy atom. The molecule has 0 fully saturated rings. The zero-order chi connectivity index (χ0) is 13.8. The van der Waals surface area contributed by atoms with Crippen LogP contribution in [-0.4, -0.2) is 11.8 Å². The molecule has 0 bridgehead atoms. The Bertz CT molecular complexity index is 391. The molecule has 1 atom stereocenters. The van der Waals surface area contributed by atoms with Crippen LogP contribution < -0.4 is 0 Å². The van der Waals surface area contributed by atoms with Crippen LogP contribution in [0.5, 0.6) is 0 Å². The molecule has 1 aliphatic carbocycles. The molecule has 18 heavy (non-hydrogen) atoms. The molecule has 0 saturated carbocycles. The standard InChI is InChI=1S/C15H21ClO2/c1-11-6-5-9-15(3,4)13(11)8-7-12(2)18-14(17)10-16/h6-8,13H,2,5,9-10H2,1,3-4H3. The van der Waals surface area contributed by atoms with E-state index in [-0.39, 0.29) is 11.3 Å². The molecule has 0 aromatic heterocycles. The van der Waals surface area contributed by atoms with Gasteiger partial charge in [0, 0.05) is 5.92 Å². The van der Waals surface area contributed by atoms with Crippen molar-refractivity contribution in [2.45, 2.75) is 33.6 Å². The van der Waals surface area contributed by atoms with Crippen molar-refractivity contribution in [2.75, 3.05) is 5.88 Å². The third kappa shape index (κ3) is 4.02. The summed E-state index contributed by atoms with van der Waals surface area (Å²) in [7, 11) is 0. The van der Waals surface area contributed by atoms with Crippen LogP contribution in [0.15, 0.2) is 36.1 Å². The van der Waals surface area contributed by atoms with Crippen LogP contribution in [0, 0.1) is 11.3 Å². The number of halogens is 1. The second-order valence-corrected chi connectivity index (χ2v) is 5.65. The van der Waals surface area contributed by atoms with Gasteiger partial charge in [0.25, 0.3) is 0 Å². The average Bonchev–Trinajstić information content (AvgIpc) is 2.27. The van der Waals surface area contributed by atoms with Gasteiger partial charge >= 0.3 is 5.97 Å². The van der Waals surface area contributed by atoms with E-state index in [1.807, 2.05) is 0 Å². The van der Waals surface area contributed by atoms with Gasteiger partial charge < -0.3 is 4.74 Å². The molecule has 3 heteroatoms. The van der Waals surface area contributed by atoms with Crippen LogP contribution in [0.25, 0.3) is 0 Å². The average molecular weight is 269 g/mol. The molecule has 0 saturated heterocycles. The number of hydrogen-bond acceptors (Lipinski definition) is 2. The number of hydrogen-bond donors (Lipinski definition) is 0. The number of rotatable bonds is 4. The monoisotopic (exact) mass is 268 g/mol. The second-order valence-electron chi connectivity index (χ2n) is 5.39. The molecule has 0 radical (unpaired) electrons. The van der Waals surface area contributed by atoms with E-state index in [4.69, 9.17) is 16.3 Å². The van der Waals surface area contributed by atoms with E-state index in [1.54, 1.807) is 6.08 Å². The first kappa shape index (κ1) is 15.0. The molecule has 0 spiro atoms. The number of carbonyl (C=O) groups excluding carboxylic acids is 1. The minimum atomic E-state index is -0.471. The fourth-order valence-electron chi connectivity index (χ4n) is 2.39. The van der Waals surface area contributed by atoms with E-state index >= 15 is 0 Å². The number of esters is 1. The van der Waals surface area contributed by atoms with Crippen LogP contribution >= 0.6 is 11.6 Å². The lowest BCUT2D eigenvalue weighted by Gasteiger charge is -2.36. The first-order chi connectivity index (χ1) is 8.36. The largest absolute Gasteiger partial charge is 0.426 e. The third-order valence-electron chi connectivity index (χ3n) is 3.42. The van der Waals surface area contributed by atoms with E-state index in [2.05, 4.69) is 39.5 Å². The van der Waals surface area contributed by atoms with Gasteiger partial charge in [-0.2, -0.15) is 0 Å². The predicted molar refractivity (Wildman–Crippen MR) is 75.4 cm³/mol.